The van der Waals surface area contributed by atoms with Crippen LogP contribution in [0.4, 0.5) is 4.39 Å². The summed E-state index contributed by atoms with van der Waals surface area (Å²) in [7, 11) is 0. The summed E-state index contributed by atoms with van der Waals surface area (Å²) in [5.41, 5.74) is 3.38. The van der Waals surface area contributed by atoms with E-state index < -0.39 is 0 Å². The van der Waals surface area contributed by atoms with E-state index in [1.165, 1.54) is 6.07 Å². The maximum absolute atomic E-state index is 13.8. The number of nitrogens with one attached hydrogen (secondary N) is 1. The Kier molecular flexibility index (Phi) is 2.54. The summed E-state index contributed by atoms with van der Waals surface area (Å²) in [4.78, 5) is 15.3. The molecule has 0 saturated heterocycles. The molecule has 1 N–H and O–H groups in total. The molecule has 1 aromatic carbocycles. The molecular formula is C15H14FNO. The summed E-state index contributed by atoms with van der Waals surface area (Å²) in [6.45, 7) is 1.93. The molecule has 3 heteroatoms. The Morgan fingerprint density at radius 3 is 2.83 bits per heavy atom. The number of Topliss-reactive ketones (excluding diaryl/α,β-unsaturated/α-hetero) is 1. The highest BCUT2D eigenvalue weighted by atomic mass is 19.1. The second-order valence-corrected chi connectivity index (χ2v) is 4.88. The number of rotatable bonds is 1. The standard InChI is InChI=1S/C15H14FNO/c1-9-8-17-13-6-10(7-14(18)15(9)13)11-4-2-3-5-12(11)16/h2-5,8,10,17H,6-7H2,1H3. The molecule has 0 aliphatic heterocycles. The molecule has 1 aliphatic carbocycles. The first kappa shape index (κ1) is 11.2. The molecule has 0 bridgehead atoms. The lowest BCUT2D eigenvalue weighted by molar-refractivity contribution is 0.0963. The van der Waals surface area contributed by atoms with Crippen LogP contribution < -0.4 is 0 Å². The molecule has 0 spiro atoms. The molecule has 0 saturated carbocycles. The third kappa shape index (κ3) is 1.67. The minimum Gasteiger partial charge on any atom is -0.364 e. The first-order chi connectivity index (χ1) is 8.66. The van der Waals surface area contributed by atoms with E-state index in [9.17, 15) is 9.18 Å². The van der Waals surface area contributed by atoms with E-state index in [0.717, 1.165) is 16.8 Å². The molecule has 1 aliphatic rings. The number of H-pyrrole nitrogens is 1. The molecule has 1 atom stereocenters. The SMILES string of the molecule is Cc1c[nH]c2c1C(=O)CC(c1ccccc1F)C2. The van der Waals surface area contributed by atoms with Crippen LogP contribution in [0.1, 0.15) is 39.5 Å². The van der Waals surface area contributed by atoms with Gasteiger partial charge in [0.25, 0.3) is 0 Å². The smallest absolute Gasteiger partial charge is 0.165 e. The molecule has 3 rings (SSSR count). The van der Waals surface area contributed by atoms with Gasteiger partial charge in [-0.05, 0) is 36.5 Å². The minimum absolute atomic E-state index is 0.0516. The van der Waals surface area contributed by atoms with Crippen LogP contribution in [0, 0.1) is 12.7 Å². The number of hydrogen-bond donors (Lipinski definition) is 1. The van der Waals surface area contributed by atoms with Gasteiger partial charge in [0, 0.05) is 23.9 Å². The third-order valence-electron chi connectivity index (χ3n) is 3.67. The normalized spacial score (nSPS) is 18.8. The highest BCUT2D eigenvalue weighted by Crippen LogP contribution is 2.34. The highest BCUT2D eigenvalue weighted by molar-refractivity contribution is 6.00. The van der Waals surface area contributed by atoms with Crippen LogP contribution in [-0.2, 0) is 6.42 Å². The Bertz CT molecular complexity index is 615. The van der Waals surface area contributed by atoms with Crippen molar-refractivity contribution in [2.24, 2.45) is 0 Å². The lowest BCUT2D eigenvalue weighted by atomic mass is 9.81. The number of ketones is 1. The van der Waals surface area contributed by atoms with E-state index in [0.29, 0.717) is 18.4 Å². The largest absolute Gasteiger partial charge is 0.364 e. The fourth-order valence-corrected chi connectivity index (χ4v) is 2.80. The first-order valence-electron chi connectivity index (χ1n) is 6.11. The zero-order chi connectivity index (χ0) is 12.7. The van der Waals surface area contributed by atoms with Gasteiger partial charge in [-0.25, -0.2) is 4.39 Å². The number of benzene rings is 1. The number of aryl methyl sites for hydroxylation is 1. The molecule has 1 aromatic heterocycles. The van der Waals surface area contributed by atoms with Gasteiger partial charge >= 0.3 is 0 Å². The monoisotopic (exact) mass is 243 g/mol. The lowest BCUT2D eigenvalue weighted by Crippen LogP contribution is -2.19. The van der Waals surface area contributed by atoms with Crippen molar-refractivity contribution >= 4 is 5.78 Å². The Morgan fingerprint density at radius 1 is 1.28 bits per heavy atom. The first-order valence-corrected chi connectivity index (χ1v) is 6.11. The maximum Gasteiger partial charge on any atom is 0.165 e. The lowest BCUT2D eigenvalue weighted by Gasteiger charge is -2.22. The molecule has 2 aromatic rings. The van der Waals surface area contributed by atoms with Crippen molar-refractivity contribution in [3.63, 3.8) is 0 Å². The van der Waals surface area contributed by atoms with Crippen LogP contribution >= 0.6 is 0 Å². The van der Waals surface area contributed by atoms with Gasteiger partial charge < -0.3 is 4.98 Å². The number of carbonyl (C=O) groups excluding carboxylic acids is 1. The Balaban J connectivity index is 2.00. The Morgan fingerprint density at radius 2 is 2.06 bits per heavy atom. The van der Waals surface area contributed by atoms with E-state index in [-0.39, 0.29) is 17.5 Å². The maximum atomic E-state index is 13.8. The summed E-state index contributed by atoms with van der Waals surface area (Å²) >= 11 is 0. The van der Waals surface area contributed by atoms with Crippen molar-refractivity contribution in [2.45, 2.75) is 25.7 Å². The van der Waals surface area contributed by atoms with E-state index in [1.807, 2.05) is 19.2 Å². The van der Waals surface area contributed by atoms with Crippen molar-refractivity contribution < 1.29 is 9.18 Å². The van der Waals surface area contributed by atoms with Crippen LogP contribution in [0.5, 0.6) is 0 Å². The molecule has 0 fully saturated rings. The Hall–Kier alpha value is -1.90. The number of halogens is 1. The summed E-state index contributed by atoms with van der Waals surface area (Å²) in [5.74, 6) is -0.158. The van der Waals surface area contributed by atoms with Crippen molar-refractivity contribution in [3.8, 4) is 0 Å². The molecule has 0 radical (unpaired) electrons. The van der Waals surface area contributed by atoms with Gasteiger partial charge in [0.15, 0.2) is 5.78 Å². The molecule has 2 nitrogen and oxygen atoms in total. The highest BCUT2D eigenvalue weighted by Gasteiger charge is 2.29. The van der Waals surface area contributed by atoms with E-state index in [1.54, 1.807) is 12.1 Å². The fourth-order valence-electron chi connectivity index (χ4n) is 2.80. The molecule has 1 heterocycles. The van der Waals surface area contributed by atoms with Crippen LogP contribution in [0.15, 0.2) is 30.5 Å². The number of aromatic nitrogens is 1. The van der Waals surface area contributed by atoms with Gasteiger partial charge in [-0.15, -0.1) is 0 Å². The van der Waals surface area contributed by atoms with Crippen LogP contribution in [0.2, 0.25) is 0 Å². The minimum atomic E-state index is -0.220. The van der Waals surface area contributed by atoms with Gasteiger partial charge in [-0.2, -0.15) is 0 Å². The second-order valence-electron chi connectivity index (χ2n) is 4.88. The Labute approximate surface area is 105 Å². The number of fused-ring (bicyclic) bond motifs is 1. The van der Waals surface area contributed by atoms with Gasteiger partial charge in [0.05, 0.1) is 0 Å². The average molecular weight is 243 g/mol. The van der Waals surface area contributed by atoms with E-state index >= 15 is 0 Å². The van der Waals surface area contributed by atoms with Gasteiger partial charge in [0.1, 0.15) is 5.82 Å². The van der Waals surface area contributed by atoms with Crippen LogP contribution in [0.3, 0.4) is 0 Å². The van der Waals surface area contributed by atoms with E-state index in [4.69, 9.17) is 0 Å². The molecule has 1 unspecified atom stereocenters. The summed E-state index contributed by atoms with van der Waals surface area (Å²) in [6, 6.07) is 6.72. The molecule has 18 heavy (non-hydrogen) atoms. The number of aromatic amines is 1. The van der Waals surface area contributed by atoms with Gasteiger partial charge in [-0.1, -0.05) is 18.2 Å². The number of carbonyl (C=O) groups is 1. The van der Waals surface area contributed by atoms with Crippen molar-refractivity contribution in [1.29, 1.82) is 0 Å². The number of hydrogen-bond acceptors (Lipinski definition) is 1. The quantitative estimate of drug-likeness (QED) is 0.818. The molecular weight excluding hydrogens is 229 g/mol. The van der Waals surface area contributed by atoms with Crippen LogP contribution in [-0.4, -0.2) is 10.8 Å². The van der Waals surface area contributed by atoms with Gasteiger partial charge in [0.2, 0.25) is 0 Å². The van der Waals surface area contributed by atoms with Gasteiger partial charge in [-0.3, -0.25) is 4.79 Å². The second kappa shape index (κ2) is 4.09. The predicted octanol–water partition coefficient (Wildman–Crippen LogP) is 3.37. The molecule has 92 valence electrons. The summed E-state index contributed by atoms with van der Waals surface area (Å²) < 4.78 is 13.8. The van der Waals surface area contributed by atoms with Crippen LogP contribution in [0.25, 0.3) is 0 Å². The third-order valence-corrected chi connectivity index (χ3v) is 3.67. The summed E-state index contributed by atoms with van der Waals surface area (Å²) in [6.07, 6.45) is 2.95. The fraction of sp³-hybridized carbons (Fsp3) is 0.267. The van der Waals surface area contributed by atoms with Crippen molar-refractivity contribution in [3.05, 3.63) is 58.7 Å². The zero-order valence-corrected chi connectivity index (χ0v) is 10.2. The topological polar surface area (TPSA) is 32.9 Å². The predicted molar refractivity (Wildman–Crippen MR) is 67.3 cm³/mol. The van der Waals surface area contributed by atoms with E-state index in [2.05, 4.69) is 4.98 Å². The summed E-state index contributed by atoms with van der Waals surface area (Å²) in [5, 5.41) is 0. The van der Waals surface area contributed by atoms with Crippen molar-refractivity contribution in [1.82, 2.24) is 4.98 Å². The zero-order valence-electron chi connectivity index (χ0n) is 10.2. The van der Waals surface area contributed by atoms with Crippen molar-refractivity contribution in [2.75, 3.05) is 0 Å². The average Bonchev–Trinajstić information content (AvgIpc) is 2.72. The molecule has 0 amide bonds.